The molecule has 0 amide bonds. The van der Waals surface area contributed by atoms with Gasteiger partial charge in [0.05, 0.1) is 13.2 Å². The smallest absolute Gasteiger partial charge is 0.395 e. The van der Waals surface area contributed by atoms with E-state index in [4.69, 9.17) is 16.1 Å². The van der Waals surface area contributed by atoms with Crippen molar-refractivity contribution in [1.29, 1.82) is 0 Å². The monoisotopic (exact) mass is 281 g/mol. The van der Waals surface area contributed by atoms with E-state index in [0.29, 0.717) is 0 Å². The van der Waals surface area contributed by atoms with Crippen molar-refractivity contribution in [3.8, 4) is 0 Å². The SMILES string of the molecule is NNc1cc(N(CCO)CCO)nc(C(F)(F)F)n1. The minimum absolute atomic E-state index is 0.0267. The number of nitrogens with two attached hydrogens (primary N) is 1. The van der Waals surface area contributed by atoms with Gasteiger partial charge in [-0.3, -0.25) is 0 Å². The molecule has 0 saturated carbocycles. The van der Waals surface area contributed by atoms with Crippen molar-refractivity contribution in [1.82, 2.24) is 9.97 Å². The predicted octanol–water partition coefficient (Wildman–Crippen LogP) is -0.428. The molecule has 0 fully saturated rings. The molecule has 0 aliphatic rings. The molecular weight excluding hydrogens is 267 g/mol. The van der Waals surface area contributed by atoms with Gasteiger partial charge in [-0.25, -0.2) is 15.8 Å². The van der Waals surface area contributed by atoms with Crippen molar-refractivity contribution < 1.29 is 23.4 Å². The van der Waals surface area contributed by atoms with E-state index in [-0.39, 0.29) is 37.9 Å². The van der Waals surface area contributed by atoms with Crippen LogP contribution in [0.25, 0.3) is 0 Å². The molecule has 0 atom stereocenters. The van der Waals surface area contributed by atoms with Crippen LogP contribution in [0.15, 0.2) is 6.07 Å². The number of halogens is 3. The van der Waals surface area contributed by atoms with Gasteiger partial charge in [-0.1, -0.05) is 0 Å². The highest BCUT2D eigenvalue weighted by atomic mass is 19.4. The summed E-state index contributed by atoms with van der Waals surface area (Å²) in [5, 5.41) is 17.7. The van der Waals surface area contributed by atoms with Gasteiger partial charge >= 0.3 is 6.18 Å². The van der Waals surface area contributed by atoms with E-state index in [9.17, 15) is 13.2 Å². The van der Waals surface area contributed by atoms with E-state index in [1.807, 2.05) is 5.43 Å². The van der Waals surface area contributed by atoms with Crippen LogP contribution in [0.5, 0.6) is 0 Å². The molecule has 1 aromatic rings. The number of hydrogen-bond donors (Lipinski definition) is 4. The second-order valence-corrected chi connectivity index (χ2v) is 3.51. The van der Waals surface area contributed by atoms with Gasteiger partial charge < -0.3 is 20.5 Å². The Hall–Kier alpha value is -1.65. The summed E-state index contributed by atoms with van der Waals surface area (Å²) in [6.07, 6.45) is -4.72. The van der Waals surface area contributed by atoms with Gasteiger partial charge in [0.15, 0.2) is 0 Å². The van der Waals surface area contributed by atoms with Gasteiger partial charge in [-0.05, 0) is 0 Å². The molecule has 19 heavy (non-hydrogen) atoms. The molecule has 0 bridgehead atoms. The zero-order chi connectivity index (χ0) is 14.5. The maximum Gasteiger partial charge on any atom is 0.451 e. The maximum atomic E-state index is 12.6. The normalized spacial score (nSPS) is 11.5. The number of hydrazine groups is 1. The van der Waals surface area contributed by atoms with E-state index < -0.39 is 12.0 Å². The number of nitrogens with one attached hydrogen (secondary N) is 1. The first-order valence-electron chi connectivity index (χ1n) is 5.32. The van der Waals surface area contributed by atoms with E-state index in [2.05, 4.69) is 9.97 Å². The third kappa shape index (κ3) is 4.19. The molecule has 0 spiro atoms. The van der Waals surface area contributed by atoms with Gasteiger partial charge in [0.1, 0.15) is 11.6 Å². The number of aliphatic hydroxyl groups excluding tert-OH is 2. The van der Waals surface area contributed by atoms with Gasteiger partial charge in [-0.15, -0.1) is 0 Å². The van der Waals surface area contributed by atoms with Crippen molar-refractivity contribution in [3.63, 3.8) is 0 Å². The lowest BCUT2D eigenvalue weighted by Gasteiger charge is -2.22. The Morgan fingerprint density at radius 2 is 1.79 bits per heavy atom. The van der Waals surface area contributed by atoms with Crippen molar-refractivity contribution in [3.05, 3.63) is 11.9 Å². The van der Waals surface area contributed by atoms with Crippen LogP contribution >= 0.6 is 0 Å². The Balaban J connectivity index is 3.17. The van der Waals surface area contributed by atoms with Crippen LogP contribution in [0, 0.1) is 0 Å². The van der Waals surface area contributed by atoms with Crippen LogP contribution in [0.1, 0.15) is 5.82 Å². The second-order valence-electron chi connectivity index (χ2n) is 3.51. The minimum atomic E-state index is -4.72. The number of alkyl halides is 3. The Kier molecular flexibility index (Phi) is 5.27. The number of nitrogens with zero attached hydrogens (tertiary/aromatic N) is 3. The summed E-state index contributed by atoms with van der Waals surface area (Å²) >= 11 is 0. The third-order valence-corrected chi connectivity index (χ3v) is 2.18. The molecule has 0 unspecified atom stereocenters. The Morgan fingerprint density at radius 1 is 1.21 bits per heavy atom. The maximum absolute atomic E-state index is 12.6. The van der Waals surface area contributed by atoms with Crippen LogP contribution in [0.4, 0.5) is 24.8 Å². The highest BCUT2D eigenvalue weighted by Gasteiger charge is 2.35. The van der Waals surface area contributed by atoms with Crippen molar-refractivity contribution in [2.45, 2.75) is 6.18 Å². The summed E-state index contributed by atoms with van der Waals surface area (Å²) in [5.74, 6) is 3.41. The molecular formula is C9H14F3N5O2. The zero-order valence-corrected chi connectivity index (χ0v) is 9.85. The molecule has 0 aromatic carbocycles. The lowest BCUT2D eigenvalue weighted by molar-refractivity contribution is -0.144. The summed E-state index contributed by atoms with van der Waals surface area (Å²) < 4.78 is 37.8. The first-order chi connectivity index (χ1) is 8.92. The summed E-state index contributed by atoms with van der Waals surface area (Å²) in [4.78, 5) is 7.85. The number of rotatable bonds is 6. The molecule has 0 aliphatic carbocycles. The standard InChI is InChI=1S/C9H14F3N5O2/c10-9(11,12)8-14-6(16-13)5-7(15-8)17(1-3-18)2-4-19/h5,18-19H,1-4,13H2,(H,14,15,16). The Morgan fingerprint density at radius 3 is 2.21 bits per heavy atom. The molecule has 1 heterocycles. The number of nitrogen functional groups attached to an aromatic ring is 1. The molecule has 7 nitrogen and oxygen atoms in total. The van der Waals surface area contributed by atoms with Crippen LogP contribution < -0.4 is 16.2 Å². The summed E-state index contributed by atoms with van der Waals surface area (Å²) in [5.41, 5.74) is 2.02. The number of anilines is 2. The highest BCUT2D eigenvalue weighted by Crippen LogP contribution is 2.28. The van der Waals surface area contributed by atoms with Crippen molar-refractivity contribution in [2.75, 3.05) is 36.6 Å². The fourth-order valence-corrected chi connectivity index (χ4v) is 1.38. The summed E-state index contributed by atoms with van der Waals surface area (Å²) in [7, 11) is 0. The average molecular weight is 281 g/mol. The number of aromatic nitrogens is 2. The van der Waals surface area contributed by atoms with Crippen LogP contribution in [0.2, 0.25) is 0 Å². The van der Waals surface area contributed by atoms with Crippen molar-refractivity contribution in [2.24, 2.45) is 5.84 Å². The molecule has 1 aromatic heterocycles. The summed E-state index contributed by atoms with van der Waals surface area (Å²) in [6, 6.07) is 1.20. The molecule has 0 radical (unpaired) electrons. The molecule has 10 heteroatoms. The molecule has 0 aliphatic heterocycles. The lowest BCUT2D eigenvalue weighted by atomic mass is 10.4. The van der Waals surface area contributed by atoms with E-state index in [1.165, 1.54) is 11.0 Å². The Bertz CT molecular complexity index is 409. The van der Waals surface area contributed by atoms with Gasteiger partial charge in [0.25, 0.3) is 0 Å². The van der Waals surface area contributed by atoms with Crippen molar-refractivity contribution >= 4 is 11.6 Å². The molecule has 1 rings (SSSR count). The lowest BCUT2D eigenvalue weighted by Crippen LogP contribution is -2.31. The average Bonchev–Trinajstić information content (AvgIpc) is 2.37. The Labute approximate surface area is 106 Å². The van der Waals surface area contributed by atoms with E-state index >= 15 is 0 Å². The molecule has 108 valence electrons. The minimum Gasteiger partial charge on any atom is -0.395 e. The van der Waals surface area contributed by atoms with Gasteiger partial charge in [-0.2, -0.15) is 13.2 Å². The predicted molar refractivity (Wildman–Crippen MR) is 61.2 cm³/mol. The van der Waals surface area contributed by atoms with Gasteiger partial charge in [0, 0.05) is 19.2 Å². The molecule has 0 saturated heterocycles. The first kappa shape index (κ1) is 15.4. The highest BCUT2D eigenvalue weighted by molar-refractivity contribution is 5.49. The van der Waals surface area contributed by atoms with E-state index in [0.717, 1.165) is 0 Å². The fourth-order valence-electron chi connectivity index (χ4n) is 1.38. The summed E-state index contributed by atoms with van der Waals surface area (Å²) in [6.45, 7) is -0.536. The third-order valence-electron chi connectivity index (χ3n) is 2.18. The van der Waals surface area contributed by atoms with Gasteiger partial charge in [0.2, 0.25) is 5.82 Å². The number of hydrogen-bond acceptors (Lipinski definition) is 7. The van der Waals surface area contributed by atoms with E-state index in [1.54, 1.807) is 0 Å². The fraction of sp³-hybridized carbons (Fsp3) is 0.556. The van der Waals surface area contributed by atoms with Crippen LogP contribution in [-0.4, -0.2) is 46.5 Å². The quantitative estimate of drug-likeness (QED) is 0.414. The second kappa shape index (κ2) is 6.50. The first-order valence-corrected chi connectivity index (χ1v) is 5.32. The van der Waals surface area contributed by atoms with Crippen LogP contribution in [0.3, 0.4) is 0 Å². The largest absolute Gasteiger partial charge is 0.451 e. The topological polar surface area (TPSA) is 108 Å². The zero-order valence-electron chi connectivity index (χ0n) is 9.85. The number of aliphatic hydroxyl groups is 2. The molecule has 5 N–H and O–H groups in total. The van der Waals surface area contributed by atoms with Crippen LogP contribution in [-0.2, 0) is 6.18 Å².